The topological polar surface area (TPSA) is 21.3 Å². The van der Waals surface area contributed by atoms with E-state index < -0.39 is 0 Å². The van der Waals surface area contributed by atoms with Gasteiger partial charge in [0.1, 0.15) is 0 Å². The van der Waals surface area contributed by atoms with Gasteiger partial charge in [-0.25, -0.2) is 0 Å². The largest absolute Gasteiger partial charge is 0.382 e. The maximum atomic E-state index is 5.38. The average molecular weight is 185 g/mol. The van der Waals surface area contributed by atoms with Crippen LogP contribution in [0.25, 0.3) is 0 Å². The Morgan fingerprint density at radius 3 is 3.00 bits per heavy atom. The van der Waals surface area contributed by atoms with E-state index in [0.717, 1.165) is 13.2 Å². The van der Waals surface area contributed by atoms with E-state index in [2.05, 4.69) is 22.1 Å². The maximum Gasteiger partial charge on any atom is 0.0642 e. The lowest BCUT2D eigenvalue weighted by atomic mass is 10.5. The number of anilines is 1. The van der Waals surface area contributed by atoms with Crippen LogP contribution in [-0.2, 0) is 4.74 Å². The molecule has 2 nitrogen and oxygen atoms in total. The molecule has 0 aliphatic carbocycles. The summed E-state index contributed by atoms with van der Waals surface area (Å²) in [5.41, 5.74) is 1.19. The summed E-state index contributed by atoms with van der Waals surface area (Å²) in [6.07, 6.45) is 0.328. The standard InChI is InChI=1S/C9H15NOS/c1-8(2)11-5-4-10-9-3-6-12-7-9/h3,6-8,10H,4-5H2,1-2H3. The minimum atomic E-state index is 0.328. The van der Waals surface area contributed by atoms with Crippen LogP contribution >= 0.6 is 11.3 Å². The first-order valence-electron chi connectivity index (χ1n) is 4.16. The molecule has 0 saturated carbocycles. The SMILES string of the molecule is CC(C)OCCNc1ccsc1. The van der Waals surface area contributed by atoms with Crippen LogP contribution in [0.2, 0.25) is 0 Å². The lowest BCUT2D eigenvalue weighted by Crippen LogP contribution is -2.12. The van der Waals surface area contributed by atoms with Crippen molar-refractivity contribution in [3.05, 3.63) is 16.8 Å². The van der Waals surface area contributed by atoms with E-state index in [1.807, 2.05) is 13.8 Å². The zero-order valence-electron chi connectivity index (χ0n) is 7.54. The molecule has 1 aromatic heterocycles. The molecule has 0 bridgehead atoms. The van der Waals surface area contributed by atoms with E-state index in [-0.39, 0.29) is 0 Å². The first-order valence-corrected chi connectivity index (χ1v) is 5.11. The summed E-state index contributed by atoms with van der Waals surface area (Å²) in [5, 5.41) is 7.42. The van der Waals surface area contributed by atoms with Crippen molar-refractivity contribution in [3.8, 4) is 0 Å². The summed E-state index contributed by atoms with van der Waals surface area (Å²) in [4.78, 5) is 0. The Balaban J connectivity index is 2.04. The van der Waals surface area contributed by atoms with Gasteiger partial charge < -0.3 is 10.1 Å². The molecule has 1 N–H and O–H groups in total. The summed E-state index contributed by atoms with van der Waals surface area (Å²) in [6, 6.07) is 2.07. The van der Waals surface area contributed by atoms with Gasteiger partial charge in [-0.2, -0.15) is 11.3 Å². The van der Waals surface area contributed by atoms with Gasteiger partial charge in [0.05, 0.1) is 12.7 Å². The highest BCUT2D eigenvalue weighted by Gasteiger charge is 1.93. The van der Waals surface area contributed by atoms with Gasteiger partial charge >= 0.3 is 0 Å². The molecule has 0 aromatic carbocycles. The molecular weight excluding hydrogens is 170 g/mol. The van der Waals surface area contributed by atoms with Gasteiger partial charge in [0.15, 0.2) is 0 Å². The second-order valence-electron chi connectivity index (χ2n) is 2.86. The second-order valence-corrected chi connectivity index (χ2v) is 3.64. The van der Waals surface area contributed by atoms with Crippen molar-refractivity contribution < 1.29 is 4.74 Å². The van der Waals surface area contributed by atoms with Gasteiger partial charge in [-0.1, -0.05) is 0 Å². The van der Waals surface area contributed by atoms with Crippen LogP contribution in [0.3, 0.4) is 0 Å². The van der Waals surface area contributed by atoms with E-state index in [9.17, 15) is 0 Å². The maximum absolute atomic E-state index is 5.38. The van der Waals surface area contributed by atoms with Gasteiger partial charge in [0, 0.05) is 17.6 Å². The van der Waals surface area contributed by atoms with Crippen molar-refractivity contribution in [3.63, 3.8) is 0 Å². The van der Waals surface area contributed by atoms with Crippen molar-refractivity contribution >= 4 is 17.0 Å². The normalized spacial score (nSPS) is 10.6. The number of thiophene rings is 1. The van der Waals surface area contributed by atoms with Gasteiger partial charge in [0.25, 0.3) is 0 Å². The first kappa shape index (κ1) is 9.55. The molecule has 0 aliphatic heterocycles. The molecule has 0 fully saturated rings. The first-order chi connectivity index (χ1) is 5.79. The van der Waals surface area contributed by atoms with Gasteiger partial charge in [-0.3, -0.25) is 0 Å². The van der Waals surface area contributed by atoms with Gasteiger partial charge in [0.2, 0.25) is 0 Å². The smallest absolute Gasteiger partial charge is 0.0642 e. The lowest BCUT2D eigenvalue weighted by molar-refractivity contribution is 0.0870. The van der Waals surface area contributed by atoms with Crippen LogP contribution in [0, 0.1) is 0 Å². The number of rotatable bonds is 5. The minimum absolute atomic E-state index is 0.328. The molecule has 1 rings (SSSR count). The predicted molar refractivity (Wildman–Crippen MR) is 53.9 cm³/mol. The third-order valence-corrected chi connectivity index (χ3v) is 2.09. The Hall–Kier alpha value is -0.540. The zero-order valence-corrected chi connectivity index (χ0v) is 8.36. The summed E-state index contributed by atoms with van der Waals surface area (Å²) in [5.74, 6) is 0. The van der Waals surface area contributed by atoms with Gasteiger partial charge in [-0.05, 0) is 25.3 Å². The zero-order chi connectivity index (χ0) is 8.81. The lowest BCUT2D eigenvalue weighted by Gasteiger charge is -2.07. The molecule has 0 saturated heterocycles. The van der Waals surface area contributed by atoms with E-state index in [4.69, 9.17) is 4.74 Å². The number of ether oxygens (including phenoxy) is 1. The van der Waals surface area contributed by atoms with Crippen LogP contribution in [0.4, 0.5) is 5.69 Å². The molecule has 0 amide bonds. The Bertz CT molecular complexity index is 196. The van der Waals surface area contributed by atoms with E-state index in [1.54, 1.807) is 11.3 Å². The Morgan fingerprint density at radius 1 is 1.58 bits per heavy atom. The van der Waals surface area contributed by atoms with Crippen molar-refractivity contribution in [1.82, 2.24) is 0 Å². The van der Waals surface area contributed by atoms with Crippen molar-refractivity contribution in [2.75, 3.05) is 18.5 Å². The molecule has 0 radical (unpaired) electrons. The van der Waals surface area contributed by atoms with E-state index >= 15 is 0 Å². The fourth-order valence-corrected chi connectivity index (χ4v) is 1.47. The molecule has 0 spiro atoms. The summed E-state index contributed by atoms with van der Waals surface area (Å²) < 4.78 is 5.38. The monoisotopic (exact) mass is 185 g/mol. The number of hydrogen-bond donors (Lipinski definition) is 1. The third-order valence-electron chi connectivity index (χ3n) is 1.40. The van der Waals surface area contributed by atoms with Crippen LogP contribution in [0.1, 0.15) is 13.8 Å². The Kier molecular flexibility index (Phi) is 4.11. The summed E-state index contributed by atoms with van der Waals surface area (Å²) >= 11 is 1.70. The van der Waals surface area contributed by atoms with Crippen LogP contribution in [-0.4, -0.2) is 19.3 Å². The summed E-state index contributed by atoms with van der Waals surface area (Å²) in [6.45, 7) is 5.75. The molecule has 1 heterocycles. The second kappa shape index (κ2) is 5.17. The Labute approximate surface area is 77.6 Å². The third kappa shape index (κ3) is 3.74. The van der Waals surface area contributed by atoms with Gasteiger partial charge in [-0.15, -0.1) is 0 Å². The minimum Gasteiger partial charge on any atom is -0.382 e. The molecular formula is C9H15NOS. The van der Waals surface area contributed by atoms with Crippen LogP contribution < -0.4 is 5.32 Å². The van der Waals surface area contributed by atoms with Crippen LogP contribution in [0.15, 0.2) is 16.8 Å². The quantitative estimate of drug-likeness (QED) is 0.712. The predicted octanol–water partition coefficient (Wildman–Crippen LogP) is 2.59. The highest BCUT2D eigenvalue weighted by Crippen LogP contribution is 2.10. The number of hydrogen-bond acceptors (Lipinski definition) is 3. The number of nitrogens with one attached hydrogen (secondary N) is 1. The fourth-order valence-electron chi connectivity index (χ4n) is 0.855. The highest BCUT2D eigenvalue weighted by molar-refractivity contribution is 7.08. The molecule has 3 heteroatoms. The molecule has 1 aromatic rings. The van der Waals surface area contributed by atoms with Crippen molar-refractivity contribution in [2.24, 2.45) is 0 Å². The molecule has 0 atom stereocenters. The molecule has 68 valence electrons. The molecule has 0 unspecified atom stereocenters. The highest BCUT2D eigenvalue weighted by atomic mass is 32.1. The average Bonchev–Trinajstić information content (AvgIpc) is 2.49. The van der Waals surface area contributed by atoms with Crippen molar-refractivity contribution in [1.29, 1.82) is 0 Å². The fraction of sp³-hybridized carbons (Fsp3) is 0.556. The Morgan fingerprint density at radius 2 is 2.42 bits per heavy atom. The summed E-state index contributed by atoms with van der Waals surface area (Å²) in [7, 11) is 0. The van der Waals surface area contributed by atoms with E-state index in [1.165, 1.54) is 5.69 Å². The molecule has 0 aliphatic rings. The molecule has 12 heavy (non-hydrogen) atoms. The van der Waals surface area contributed by atoms with E-state index in [0.29, 0.717) is 6.10 Å². The van der Waals surface area contributed by atoms with Crippen LogP contribution in [0.5, 0.6) is 0 Å². The van der Waals surface area contributed by atoms with Crippen molar-refractivity contribution in [2.45, 2.75) is 20.0 Å².